The van der Waals surface area contributed by atoms with E-state index < -0.39 is 11.7 Å². The highest BCUT2D eigenvalue weighted by molar-refractivity contribution is 14.0. The van der Waals surface area contributed by atoms with Crippen LogP contribution in [0.25, 0.3) is 0 Å². The Balaban J connectivity index is 0.00000392. The van der Waals surface area contributed by atoms with Gasteiger partial charge < -0.3 is 15.0 Å². The number of esters is 1. The Kier molecular flexibility index (Phi) is 9.07. The highest BCUT2D eigenvalue weighted by Gasteiger charge is 2.36. The van der Waals surface area contributed by atoms with E-state index in [1.165, 1.54) is 19.2 Å². The molecule has 0 bridgehead atoms. The summed E-state index contributed by atoms with van der Waals surface area (Å²) in [6.45, 7) is 3.45. The van der Waals surface area contributed by atoms with Crippen molar-refractivity contribution in [3.8, 4) is 11.8 Å². The number of guanidine groups is 1. The highest BCUT2D eigenvalue weighted by Crippen LogP contribution is 2.29. The van der Waals surface area contributed by atoms with Gasteiger partial charge in [-0.05, 0) is 30.2 Å². The lowest BCUT2D eigenvalue weighted by molar-refractivity contribution is -0.146. The van der Waals surface area contributed by atoms with Gasteiger partial charge in [0.05, 0.1) is 25.1 Å². The minimum absolute atomic E-state index is 0. The summed E-state index contributed by atoms with van der Waals surface area (Å²) in [4.78, 5) is 17.9. The summed E-state index contributed by atoms with van der Waals surface area (Å²) in [6.07, 6.45) is -4.35. The van der Waals surface area contributed by atoms with Crippen LogP contribution in [0.1, 0.15) is 18.1 Å². The largest absolute Gasteiger partial charge is 0.469 e. The number of hydrogen-bond donors (Lipinski definition) is 1. The molecule has 1 aromatic carbocycles. The first kappa shape index (κ1) is 24.1. The molecule has 1 aliphatic rings. The molecule has 0 aromatic heterocycles. The highest BCUT2D eigenvalue weighted by atomic mass is 127. The molecule has 1 heterocycles. The van der Waals surface area contributed by atoms with Crippen molar-refractivity contribution in [2.24, 2.45) is 16.8 Å². The Labute approximate surface area is 179 Å². The average Bonchev–Trinajstić information content (AvgIpc) is 3.02. The molecular formula is C19H23F3IN3O2. The van der Waals surface area contributed by atoms with Crippen LogP contribution in [0.4, 0.5) is 13.2 Å². The van der Waals surface area contributed by atoms with E-state index in [9.17, 15) is 18.0 Å². The SMILES string of the molecule is CN=C(NCC#Cc1ccc(C(F)(F)F)cc1)N1CC(C)C(C(=O)OC)C1.I. The van der Waals surface area contributed by atoms with Crippen LogP contribution in [0.15, 0.2) is 29.3 Å². The number of alkyl halides is 3. The number of likely N-dealkylation sites (tertiary alicyclic amines) is 1. The van der Waals surface area contributed by atoms with Crippen molar-refractivity contribution < 1.29 is 22.7 Å². The monoisotopic (exact) mass is 509 g/mol. The van der Waals surface area contributed by atoms with Gasteiger partial charge in [0.1, 0.15) is 0 Å². The van der Waals surface area contributed by atoms with Crippen molar-refractivity contribution in [1.29, 1.82) is 0 Å². The van der Waals surface area contributed by atoms with E-state index in [-0.39, 0.29) is 48.3 Å². The second kappa shape index (κ2) is 10.5. The number of rotatable bonds is 2. The predicted molar refractivity (Wildman–Crippen MR) is 111 cm³/mol. The summed E-state index contributed by atoms with van der Waals surface area (Å²) in [5, 5.41) is 3.09. The zero-order valence-electron chi connectivity index (χ0n) is 15.8. The summed E-state index contributed by atoms with van der Waals surface area (Å²) in [7, 11) is 3.02. The molecule has 1 fully saturated rings. The Bertz CT molecular complexity index is 754. The maximum absolute atomic E-state index is 12.5. The molecule has 154 valence electrons. The topological polar surface area (TPSA) is 53.9 Å². The second-order valence-electron chi connectivity index (χ2n) is 6.29. The van der Waals surface area contributed by atoms with Crippen LogP contribution < -0.4 is 5.32 Å². The first-order valence-electron chi connectivity index (χ1n) is 8.45. The van der Waals surface area contributed by atoms with Gasteiger partial charge in [-0.2, -0.15) is 13.2 Å². The van der Waals surface area contributed by atoms with Crippen LogP contribution in [0.3, 0.4) is 0 Å². The lowest BCUT2D eigenvalue weighted by Gasteiger charge is -2.20. The molecule has 0 aliphatic carbocycles. The fourth-order valence-corrected chi connectivity index (χ4v) is 2.94. The normalized spacial score (nSPS) is 19.4. The van der Waals surface area contributed by atoms with Crippen molar-refractivity contribution >= 4 is 35.9 Å². The third-order valence-electron chi connectivity index (χ3n) is 4.41. The minimum Gasteiger partial charge on any atom is -0.469 e. The molecule has 0 amide bonds. The maximum atomic E-state index is 12.5. The van der Waals surface area contributed by atoms with Crippen LogP contribution in [0.2, 0.25) is 0 Å². The number of hydrogen-bond acceptors (Lipinski definition) is 3. The average molecular weight is 509 g/mol. The summed E-state index contributed by atoms with van der Waals surface area (Å²) < 4.78 is 42.4. The third-order valence-corrected chi connectivity index (χ3v) is 4.41. The molecule has 1 N–H and O–H groups in total. The second-order valence-corrected chi connectivity index (χ2v) is 6.29. The number of carbonyl (C=O) groups is 1. The van der Waals surface area contributed by atoms with Gasteiger partial charge in [0.25, 0.3) is 0 Å². The molecular weight excluding hydrogens is 486 g/mol. The first-order chi connectivity index (χ1) is 12.8. The van der Waals surface area contributed by atoms with Crippen LogP contribution in [0.5, 0.6) is 0 Å². The molecule has 0 spiro atoms. The summed E-state index contributed by atoms with van der Waals surface area (Å²) >= 11 is 0. The van der Waals surface area contributed by atoms with Crippen molar-refractivity contribution in [3.05, 3.63) is 35.4 Å². The molecule has 1 saturated heterocycles. The zero-order valence-corrected chi connectivity index (χ0v) is 18.2. The van der Waals surface area contributed by atoms with Crippen molar-refractivity contribution in [1.82, 2.24) is 10.2 Å². The lowest BCUT2D eigenvalue weighted by atomic mass is 9.99. The van der Waals surface area contributed by atoms with Crippen LogP contribution in [-0.4, -0.2) is 50.6 Å². The molecule has 0 saturated carbocycles. The number of ether oxygens (including phenoxy) is 1. The molecule has 0 radical (unpaired) electrons. The fourth-order valence-electron chi connectivity index (χ4n) is 2.94. The smallest absolute Gasteiger partial charge is 0.416 e. The Morgan fingerprint density at radius 3 is 2.50 bits per heavy atom. The van der Waals surface area contributed by atoms with Gasteiger partial charge in [-0.15, -0.1) is 24.0 Å². The maximum Gasteiger partial charge on any atom is 0.416 e. The molecule has 5 nitrogen and oxygen atoms in total. The molecule has 2 rings (SSSR count). The summed E-state index contributed by atoms with van der Waals surface area (Å²) in [5.74, 6) is 6.01. The van der Waals surface area contributed by atoms with Gasteiger partial charge in [0, 0.05) is 25.7 Å². The van der Waals surface area contributed by atoms with E-state index in [4.69, 9.17) is 4.74 Å². The van der Waals surface area contributed by atoms with E-state index in [2.05, 4.69) is 22.2 Å². The van der Waals surface area contributed by atoms with E-state index in [0.717, 1.165) is 12.1 Å². The molecule has 2 atom stereocenters. The number of methoxy groups -OCH3 is 1. The van der Waals surface area contributed by atoms with Crippen LogP contribution in [0, 0.1) is 23.7 Å². The minimum atomic E-state index is -4.35. The molecule has 2 unspecified atom stereocenters. The molecule has 9 heteroatoms. The standard InChI is InChI=1S/C19H22F3N3O2.HI/c1-13-11-25(12-16(13)17(26)27-3)18(23-2)24-10-4-5-14-6-8-15(9-7-14)19(20,21)22;/h6-9,13,16H,10-12H2,1-3H3,(H,23,24);1H. The van der Waals surface area contributed by atoms with Gasteiger partial charge in [-0.1, -0.05) is 18.8 Å². The number of nitrogens with one attached hydrogen (secondary N) is 1. The molecule has 28 heavy (non-hydrogen) atoms. The lowest BCUT2D eigenvalue weighted by Crippen LogP contribution is -2.40. The van der Waals surface area contributed by atoms with Gasteiger partial charge in [0.15, 0.2) is 5.96 Å². The zero-order chi connectivity index (χ0) is 20.0. The number of aliphatic imine (C=N–C) groups is 1. The molecule has 1 aliphatic heterocycles. The first-order valence-corrected chi connectivity index (χ1v) is 8.45. The number of carbonyl (C=O) groups excluding carboxylic acids is 1. The van der Waals surface area contributed by atoms with Gasteiger partial charge in [-0.3, -0.25) is 9.79 Å². The Hall–Kier alpha value is -1.96. The third kappa shape index (κ3) is 6.29. The quantitative estimate of drug-likeness (QED) is 0.219. The Morgan fingerprint density at radius 1 is 1.32 bits per heavy atom. The van der Waals surface area contributed by atoms with Crippen molar-refractivity contribution in [3.63, 3.8) is 0 Å². The van der Waals surface area contributed by atoms with E-state index in [1.807, 2.05) is 11.8 Å². The number of benzene rings is 1. The summed E-state index contributed by atoms with van der Waals surface area (Å²) in [5.41, 5.74) is -0.199. The number of halogens is 4. The van der Waals surface area contributed by atoms with Gasteiger partial charge in [0.2, 0.25) is 0 Å². The van der Waals surface area contributed by atoms with E-state index >= 15 is 0 Å². The van der Waals surface area contributed by atoms with Crippen LogP contribution >= 0.6 is 24.0 Å². The Morgan fingerprint density at radius 2 is 1.96 bits per heavy atom. The van der Waals surface area contributed by atoms with Crippen molar-refractivity contribution in [2.45, 2.75) is 13.1 Å². The van der Waals surface area contributed by atoms with E-state index in [1.54, 1.807) is 7.05 Å². The van der Waals surface area contributed by atoms with Crippen molar-refractivity contribution in [2.75, 3.05) is 33.8 Å². The van der Waals surface area contributed by atoms with Gasteiger partial charge >= 0.3 is 12.1 Å². The summed E-state index contributed by atoms with van der Waals surface area (Å²) in [6, 6.07) is 4.70. The predicted octanol–water partition coefficient (Wildman–Crippen LogP) is 2.99. The van der Waals surface area contributed by atoms with Gasteiger partial charge in [-0.25, -0.2) is 0 Å². The number of nitrogens with zero attached hydrogens (tertiary/aromatic N) is 2. The van der Waals surface area contributed by atoms with E-state index in [0.29, 0.717) is 24.6 Å². The molecule has 1 aromatic rings. The fraction of sp³-hybridized carbons (Fsp3) is 0.474. The van der Waals surface area contributed by atoms with Crippen LogP contribution in [-0.2, 0) is 15.7 Å².